The molecule has 1 radical (unpaired) electrons. The van der Waals surface area contributed by atoms with Crippen molar-refractivity contribution >= 4 is 23.8 Å². The van der Waals surface area contributed by atoms with Gasteiger partial charge in [-0.15, -0.1) is 0 Å². The van der Waals surface area contributed by atoms with Crippen LogP contribution in [0.2, 0.25) is 0 Å². The Morgan fingerprint density at radius 3 is 1.16 bits per heavy atom. The summed E-state index contributed by atoms with van der Waals surface area (Å²) >= 11 is 0. The van der Waals surface area contributed by atoms with Gasteiger partial charge in [0.1, 0.15) is 12.1 Å². The molecule has 0 bridgehead atoms. The normalized spacial score (nSPS) is 14.3. The Morgan fingerprint density at radius 2 is 1.10 bits per heavy atom. The predicted octanol–water partition coefficient (Wildman–Crippen LogP) is 0.657. The van der Waals surface area contributed by atoms with E-state index in [4.69, 9.17) is 10.2 Å². The van der Waals surface area contributed by atoms with Crippen LogP contribution in [0, 0.1) is 0 Å². The third-order valence-corrected chi connectivity index (χ3v) is 3.04. The number of hydrogen-bond acceptors (Lipinski definition) is 6. The summed E-state index contributed by atoms with van der Waals surface area (Å²) in [6.07, 6.45) is 7.50. The monoisotopic (exact) mass is 491 g/mol. The molecule has 2 aliphatic heterocycles. The van der Waals surface area contributed by atoms with Crippen LogP contribution in [0.15, 0.2) is 24.8 Å². The second kappa shape index (κ2) is 19.1. The van der Waals surface area contributed by atoms with Gasteiger partial charge >= 0.3 is 29.0 Å². The molecular weight excluding hydrogens is 460 g/mol. The Hall–Kier alpha value is -2.92. The number of nitrogens with one attached hydrogen (secondary N) is 2. The number of nitrogens with zero attached hydrogens (tertiary/aromatic N) is 4. The SMILES string of the molecule is CC(=O)NC(C)C(=O)O.CC(=O)NC(C)C(=O)O.CN1C=C[N-]C1.CN1C=C[N-]C1.[Cu+2]. The molecule has 0 aromatic carbocycles. The minimum Gasteiger partial charge on any atom is -0.673 e. The predicted molar refractivity (Wildman–Crippen MR) is 112 cm³/mol. The van der Waals surface area contributed by atoms with Gasteiger partial charge in [0.25, 0.3) is 0 Å². The summed E-state index contributed by atoms with van der Waals surface area (Å²) in [5, 5.41) is 28.7. The third kappa shape index (κ3) is 23.2. The van der Waals surface area contributed by atoms with Crippen LogP contribution in [-0.4, -0.2) is 83.3 Å². The molecule has 2 amide bonds. The van der Waals surface area contributed by atoms with Crippen molar-refractivity contribution < 1.29 is 46.5 Å². The van der Waals surface area contributed by atoms with Gasteiger partial charge in [0.05, 0.1) is 0 Å². The van der Waals surface area contributed by atoms with E-state index in [0.29, 0.717) is 0 Å². The van der Waals surface area contributed by atoms with Crippen molar-refractivity contribution in [2.24, 2.45) is 0 Å². The zero-order chi connectivity index (χ0) is 23.7. The number of carboxylic acids is 2. The Kier molecular flexibility index (Phi) is 20.1. The van der Waals surface area contributed by atoms with E-state index in [0.717, 1.165) is 13.3 Å². The van der Waals surface area contributed by atoms with Crippen molar-refractivity contribution in [3.63, 3.8) is 0 Å². The maximum atomic E-state index is 10.2. The fourth-order valence-corrected chi connectivity index (χ4v) is 1.50. The minimum absolute atomic E-state index is 0. The van der Waals surface area contributed by atoms with Crippen LogP contribution in [0.3, 0.4) is 0 Å². The Morgan fingerprint density at radius 1 is 0.806 bits per heavy atom. The van der Waals surface area contributed by atoms with Gasteiger partial charge in [-0.2, -0.15) is 12.4 Å². The first kappa shape index (κ1) is 32.7. The maximum Gasteiger partial charge on any atom is 2.00 e. The summed E-state index contributed by atoms with van der Waals surface area (Å²) in [5.74, 6) is -2.70. The number of carboxylic acid groups (broad SMARTS) is 2. The first-order chi connectivity index (χ1) is 13.9. The van der Waals surface area contributed by atoms with Gasteiger partial charge in [-0.3, -0.25) is 19.2 Å². The standard InChI is InChI=1S/2C5H9NO3.2C4H7N2.Cu/c2*1-3(5(8)9)6-4(2)7;2*1-6-3-2-5-4-6;/h2*3H,1-2H3,(H,6,7)(H,8,9);2*2-3H,4H2,1H3;/q;;2*-1;+2. The smallest absolute Gasteiger partial charge is 0.673 e. The summed E-state index contributed by atoms with van der Waals surface area (Å²) in [5.41, 5.74) is 0. The minimum atomic E-state index is -1.02. The van der Waals surface area contributed by atoms with E-state index < -0.39 is 24.0 Å². The van der Waals surface area contributed by atoms with Crippen LogP contribution in [0.25, 0.3) is 10.6 Å². The summed E-state index contributed by atoms with van der Waals surface area (Å²) in [4.78, 5) is 44.4. The van der Waals surface area contributed by atoms with Crippen molar-refractivity contribution in [3.05, 3.63) is 35.4 Å². The van der Waals surface area contributed by atoms with Crippen molar-refractivity contribution in [2.45, 2.75) is 39.8 Å². The second-order valence-electron chi connectivity index (χ2n) is 6.28. The number of amides is 2. The molecule has 0 aliphatic carbocycles. The van der Waals surface area contributed by atoms with Crippen LogP contribution < -0.4 is 10.6 Å². The average molecular weight is 492 g/mol. The van der Waals surface area contributed by atoms with Gasteiger partial charge in [-0.05, 0) is 26.2 Å². The van der Waals surface area contributed by atoms with Gasteiger partial charge in [0.15, 0.2) is 0 Å². The van der Waals surface area contributed by atoms with Gasteiger partial charge < -0.3 is 41.3 Å². The van der Waals surface area contributed by atoms with Crippen LogP contribution in [-0.2, 0) is 36.2 Å². The molecule has 12 nitrogen and oxygen atoms in total. The van der Waals surface area contributed by atoms with E-state index in [1.165, 1.54) is 27.7 Å². The molecule has 0 spiro atoms. The van der Waals surface area contributed by atoms with E-state index >= 15 is 0 Å². The Balaban J connectivity index is -0.000000338. The molecule has 2 aliphatic rings. The molecule has 0 aromatic heterocycles. The molecule has 0 saturated heterocycles. The van der Waals surface area contributed by atoms with Crippen molar-refractivity contribution in [1.29, 1.82) is 0 Å². The molecule has 13 heteroatoms. The molecule has 181 valence electrons. The molecule has 0 aromatic rings. The molecule has 4 N–H and O–H groups in total. The third-order valence-electron chi connectivity index (χ3n) is 3.04. The van der Waals surface area contributed by atoms with Gasteiger partial charge in [0.2, 0.25) is 11.8 Å². The summed E-state index contributed by atoms with van der Waals surface area (Å²) in [6.45, 7) is 7.03. The fraction of sp³-hybridized carbons (Fsp3) is 0.556. The molecule has 0 saturated carbocycles. The fourth-order valence-electron chi connectivity index (χ4n) is 1.50. The molecule has 2 heterocycles. The van der Waals surface area contributed by atoms with E-state index in [-0.39, 0.29) is 28.9 Å². The van der Waals surface area contributed by atoms with Crippen LogP contribution in [0.4, 0.5) is 0 Å². The summed E-state index contributed by atoms with van der Waals surface area (Å²) in [6, 6.07) is -1.58. The summed E-state index contributed by atoms with van der Waals surface area (Å²) in [7, 11) is 3.99. The van der Waals surface area contributed by atoms with E-state index in [1.807, 2.05) is 36.3 Å². The number of carbonyl (C=O) groups excluding carboxylic acids is 2. The number of aliphatic carboxylic acids is 2. The molecule has 0 fully saturated rings. The topological polar surface area (TPSA) is 167 Å². The van der Waals surface area contributed by atoms with Crippen LogP contribution in [0.5, 0.6) is 0 Å². The van der Waals surface area contributed by atoms with Gasteiger partial charge in [-0.25, -0.2) is 0 Å². The van der Waals surface area contributed by atoms with Crippen molar-refractivity contribution in [2.75, 3.05) is 27.4 Å². The molecule has 2 rings (SSSR count). The first-order valence-electron chi connectivity index (χ1n) is 8.93. The van der Waals surface area contributed by atoms with E-state index in [1.54, 1.807) is 12.4 Å². The Bertz CT molecular complexity index is 564. The van der Waals surface area contributed by atoms with Crippen molar-refractivity contribution in [3.8, 4) is 0 Å². The molecule has 2 atom stereocenters. The second-order valence-corrected chi connectivity index (χ2v) is 6.28. The first-order valence-corrected chi connectivity index (χ1v) is 8.93. The largest absolute Gasteiger partial charge is 2.00 e. The van der Waals surface area contributed by atoms with Crippen molar-refractivity contribution in [1.82, 2.24) is 20.4 Å². The van der Waals surface area contributed by atoms with E-state index in [9.17, 15) is 19.2 Å². The van der Waals surface area contributed by atoms with Crippen LogP contribution >= 0.6 is 0 Å². The summed E-state index contributed by atoms with van der Waals surface area (Å²) < 4.78 is 0. The van der Waals surface area contributed by atoms with E-state index in [2.05, 4.69) is 21.3 Å². The zero-order valence-electron chi connectivity index (χ0n) is 18.5. The van der Waals surface area contributed by atoms with Gasteiger partial charge in [0, 0.05) is 27.9 Å². The van der Waals surface area contributed by atoms with Gasteiger partial charge in [-0.1, -0.05) is 13.3 Å². The molecule has 2 unspecified atom stereocenters. The van der Waals surface area contributed by atoms with Crippen LogP contribution in [0.1, 0.15) is 27.7 Å². The quantitative estimate of drug-likeness (QED) is 0.416. The number of rotatable bonds is 4. The zero-order valence-corrected chi connectivity index (χ0v) is 19.4. The number of hydrogen-bond donors (Lipinski definition) is 4. The number of carbonyl (C=O) groups is 4. The maximum absolute atomic E-state index is 10.2. The average Bonchev–Trinajstić information content (AvgIpc) is 3.28. The Labute approximate surface area is 193 Å². The molecular formula is C18H32CuN6O6. The molecule has 31 heavy (non-hydrogen) atoms.